The lowest BCUT2D eigenvalue weighted by Crippen LogP contribution is -2.38. The van der Waals surface area contributed by atoms with E-state index in [9.17, 15) is 14.7 Å². The Labute approximate surface area is 185 Å². The summed E-state index contributed by atoms with van der Waals surface area (Å²) in [6.07, 6.45) is 10.7. The summed E-state index contributed by atoms with van der Waals surface area (Å²) in [6.45, 7) is 1.86. The third kappa shape index (κ3) is 3.77. The zero-order valence-electron chi connectivity index (χ0n) is 17.9. The molecule has 2 aliphatic heterocycles. The Kier molecular flexibility index (Phi) is 5.42. The molecule has 6 bridgehead atoms. The van der Waals surface area contributed by atoms with Crippen LogP contribution in [0, 0.1) is 0 Å². The van der Waals surface area contributed by atoms with Gasteiger partial charge in [-0.3, -0.25) is 14.3 Å². The summed E-state index contributed by atoms with van der Waals surface area (Å²) in [5, 5.41) is 18.4. The molecule has 3 aliphatic rings. The molecule has 0 saturated heterocycles. The number of hydrogen-bond donors (Lipinski definition) is 2. The number of rotatable bonds is 0. The fourth-order valence-corrected chi connectivity index (χ4v) is 4.90. The molecule has 1 aliphatic carbocycles. The Morgan fingerprint density at radius 3 is 2.84 bits per heavy atom. The van der Waals surface area contributed by atoms with E-state index < -0.39 is 17.1 Å². The molecule has 0 atom stereocenters. The second-order valence-electron chi connectivity index (χ2n) is 8.74. The second-order valence-corrected chi connectivity index (χ2v) is 8.74. The smallest absolute Gasteiger partial charge is 0.275 e. The van der Waals surface area contributed by atoms with E-state index in [1.165, 1.54) is 10.9 Å². The van der Waals surface area contributed by atoms with Crippen LogP contribution in [-0.4, -0.2) is 50.1 Å². The summed E-state index contributed by atoms with van der Waals surface area (Å²) < 4.78 is 9.42. The molecule has 5 heterocycles. The van der Waals surface area contributed by atoms with Crippen molar-refractivity contribution in [2.75, 3.05) is 19.8 Å². The molecule has 168 valence electrons. The summed E-state index contributed by atoms with van der Waals surface area (Å²) in [7, 11) is 0. The number of nitrogens with one attached hydrogen (secondary N) is 1. The van der Waals surface area contributed by atoms with Crippen molar-refractivity contribution in [1.82, 2.24) is 24.6 Å². The first-order valence-electron chi connectivity index (χ1n) is 11.2. The van der Waals surface area contributed by atoms with Gasteiger partial charge in [0.1, 0.15) is 5.65 Å². The van der Waals surface area contributed by atoms with Gasteiger partial charge in [0.05, 0.1) is 24.9 Å². The summed E-state index contributed by atoms with van der Waals surface area (Å²) in [5.74, 6) is -1.06. The lowest BCUT2D eigenvalue weighted by atomic mass is 9.97. The number of ether oxygens (including phenoxy) is 1. The van der Waals surface area contributed by atoms with E-state index in [1.54, 1.807) is 0 Å². The van der Waals surface area contributed by atoms with Crippen molar-refractivity contribution in [3.05, 3.63) is 52.2 Å². The van der Waals surface area contributed by atoms with Gasteiger partial charge in [0.2, 0.25) is 0 Å². The van der Waals surface area contributed by atoms with Crippen molar-refractivity contribution < 1.29 is 14.6 Å². The van der Waals surface area contributed by atoms with Gasteiger partial charge < -0.3 is 19.7 Å². The number of amides is 1. The van der Waals surface area contributed by atoms with Crippen LogP contribution in [0.15, 0.2) is 35.5 Å². The van der Waals surface area contributed by atoms with Gasteiger partial charge in [-0.2, -0.15) is 5.10 Å². The minimum atomic E-state index is -0.759. The van der Waals surface area contributed by atoms with E-state index in [4.69, 9.17) is 9.72 Å². The summed E-state index contributed by atoms with van der Waals surface area (Å²) >= 11 is 0. The first-order valence-corrected chi connectivity index (χ1v) is 11.2. The number of nitrogens with zero attached hydrogens (tertiary/aromatic N) is 4. The van der Waals surface area contributed by atoms with Crippen LogP contribution in [0.4, 0.5) is 0 Å². The maximum atomic E-state index is 12.6. The van der Waals surface area contributed by atoms with Crippen LogP contribution in [-0.2, 0) is 23.2 Å². The van der Waals surface area contributed by atoms with Gasteiger partial charge in [0.25, 0.3) is 11.3 Å². The van der Waals surface area contributed by atoms with Crippen LogP contribution in [0.5, 0.6) is 5.75 Å². The zero-order valence-corrected chi connectivity index (χ0v) is 17.9. The van der Waals surface area contributed by atoms with E-state index in [0.717, 1.165) is 48.7 Å². The van der Waals surface area contributed by atoms with E-state index in [2.05, 4.69) is 33.3 Å². The van der Waals surface area contributed by atoms with Gasteiger partial charge >= 0.3 is 0 Å². The number of carbonyl (C=O) groups is 1. The minimum Gasteiger partial charge on any atom is -0.503 e. The van der Waals surface area contributed by atoms with E-state index >= 15 is 0 Å². The number of aromatic hydroxyl groups is 1. The Morgan fingerprint density at radius 2 is 2.00 bits per heavy atom. The van der Waals surface area contributed by atoms with Crippen LogP contribution in [0.25, 0.3) is 11.0 Å². The van der Waals surface area contributed by atoms with Crippen LogP contribution in [0.2, 0.25) is 0 Å². The molecule has 0 radical (unpaired) electrons. The number of carbonyl (C=O) groups excluding carboxylic acids is 1. The molecule has 0 aromatic carbocycles. The molecule has 3 aromatic rings. The highest BCUT2D eigenvalue weighted by Crippen LogP contribution is 2.40. The maximum Gasteiger partial charge on any atom is 0.275 e. The molecule has 1 fully saturated rings. The van der Waals surface area contributed by atoms with Crippen LogP contribution in [0.3, 0.4) is 0 Å². The van der Waals surface area contributed by atoms with Crippen molar-refractivity contribution in [3.63, 3.8) is 0 Å². The fourth-order valence-electron chi connectivity index (χ4n) is 4.90. The SMILES string of the molecule is O=C1NCCCOCCc2cnc3c(ccn3C3(CCCC3)Cn3cc(O)c(=O)c1n3)c2. The number of pyridine rings is 1. The first-order chi connectivity index (χ1) is 15.6. The quantitative estimate of drug-likeness (QED) is 0.556. The third-order valence-corrected chi connectivity index (χ3v) is 6.53. The van der Waals surface area contributed by atoms with Crippen molar-refractivity contribution >= 4 is 16.9 Å². The largest absolute Gasteiger partial charge is 0.503 e. The van der Waals surface area contributed by atoms with Crippen LogP contribution in [0.1, 0.15) is 48.2 Å². The zero-order chi connectivity index (χ0) is 22.1. The Morgan fingerprint density at radius 1 is 1.16 bits per heavy atom. The number of aromatic nitrogens is 4. The van der Waals surface area contributed by atoms with E-state index in [-0.39, 0.29) is 11.2 Å². The Hall–Kier alpha value is -3.20. The topological polar surface area (TPSA) is 111 Å². The van der Waals surface area contributed by atoms with Crippen molar-refractivity contribution in [2.45, 2.75) is 50.6 Å². The highest BCUT2D eigenvalue weighted by molar-refractivity contribution is 5.92. The van der Waals surface area contributed by atoms with E-state index in [0.29, 0.717) is 32.7 Å². The van der Waals surface area contributed by atoms with Crippen molar-refractivity contribution in [2.24, 2.45) is 0 Å². The molecular weight excluding hydrogens is 410 g/mol. The Bertz CT molecular complexity index is 1210. The molecule has 32 heavy (non-hydrogen) atoms. The molecule has 9 nitrogen and oxygen atoms in total. The predicted octanol–water partition coefficient (Wildman–Crippen LogP) is 1.96. The van der Waals surface area contributed by atoms with Gasteiger partial charge in [0.15, 0.2) is 11.4 Å². The molecule has 3 aromatic heterocycles. The Balaban J connectivity index is 1.61. The molecule has 6 rings (SSSR count). The van der Waals surface area contributed by atoms with Crippen molar-refractivity contribution in [1.29, 1.82) is 0 Å². The molecule has 2 N–H and O–H groups in total. The molecule has 1 amide bonds. The van der Waals surface area contributed by atoms with Gasteiger partial charge in [0, 0.05) is 30.9 Å². The highest BCUT2D eigenvalue weighted by atomic mass is 16.5. The lowest BCUT2D eigenvalue weighted by Gasteiger charge is -2.32. The van der Waals surface area contributed by atoms with Crippen LogP contribution < -0.4 is 10.7 Å². The second kappa shape index (κ2) is 8.38. The monoisotopic (exact) mass is 437 g/mol. The molecule has 9 heteroatoms. The van der Waals surface area contributed by atoms with Gasteiger partial charge in [-0.05, 0) is 43.4 Å². The predicted molar refractivity (Wildman–Crippen MR) is 118 cm³/mol. The average Bonchev–Trinajstić information content (AvgIpc) is 3.42. The average molecular weight is 438 g/mol. The van der Waals surface area contributed by atoms with Gasteiger partial charge in [-0.15, -0.1) is 0 Å². The molecule has 1 spiro atoms. The normalized spacial score (nSPS) is 19.3. The first kappa shape index (κ1) is 20.7. The number of fused-ring (bicyclic) bond motifs is 8. The standard InChI is InChI=1S/C23H27N5O4/c29-18-14-27-15-23(6-1-2-7-23)28-9-4-17-12-16(13-25-21(17)28)5-11-32-10-3-8-24-22(31)19(26-27)20(18)30/h4,9,12-14,29H,1-3,5-8,10-11,15H2,(H,24,31). The summed E-state index contributed by atoms with van der Waals surface area (Å²) in [4.78, 5) is 29.8. The molecular formula is C23H27N5O4. The summed E-state index contributed by atoms with van der Waals surface area (Å²) in [5.41, 5.74) is 0.682. The highest BCUT2D eigenvalue weighted by Gasteiger charge is 2.37. The lowest BCUT2D eigenvalue weighted by molar-refractivity contribution is 0.0931. The molecule has 1 saturated carbocycles. The van der Waals surface area contributed by atoms with Crippen molar-refractivity contribution in [3.8, 4) is 5.75 Å². The summed E-state index contributed by atoms with van der Waals surface area (Å²) in [6, 6.07) is 4.24. The fraction of sp³-hybridized carbons (Fsp3) is 0.478. The van der Waals surface area contributed by atoms with E-state index in [1.807, 2.05) is 6.20 Å². The number of hydrogen-bond acceptors (Lipinski definition) is 6. The minimum absolute atomic E-state index is 0.291. The van der Waals surface area contributed by atoms with Gasteiger partial charge in [-0.25, -0.2) is 4.98 Å². The third-order valence-electron chi connectivity index (χ3n) is 6.53. The molecule has 0 unspecified atom stereocenters. The van der Waals surface area contributed by atoms with Crippen LogP contribution >= 0.6 is 0 Å². The van der Waals surface area contributed by atoms with Gasteiger partial charge in [-0.1, -0.05) is 12.8 Å². The maximum absolute atomic E-state index is 12.6.